The zero-order valence-electron chi connectivity index (χ0n) is 8.06. The van der Waals surface area contributed by atoms with E-state index in [1.165, 1.54) is 25.7 Å². The van der Waals surface area contributed by atoms with Gasteiger partial charge in [-0.1, -0.05) is 41.0 Å². The molecule has 0 aromatic rings. The minimum Gasteiger partial charge on any atom is -0.327 e. The van der Waals surface area contributed by atoms with E-state index in [2.05, 4.69) is 20.8 Å². The van der Waals surface area contributed by atoms with Crippen molar-refractivity contribution >= 4 is 0 Å². The molecular formula is C11H25N. The molecule has 0 heterocycles. The third kappa shape index (κ3) is 2.78. The van der Waals surface area contributed by atoms with Crippen LogP contribution in [0, 0.1) is 11.3 Å². The summed E-state index contributed by atoms with van der Waals surface area (Å²) in [7, 11) is 0. The molecule has 1 saturated carbocycles. The van der Waals surface area contributed by atoms with Crippen LogP contribution in [0.25, 0.3) is 0 Å². The predicted molar refractivity (Wildman–Crippen MR) is 56.1 cm³/mol. The van der Waals surface area contributed by atoms with Gasteiger partial charge in [-0.3, -0.25) is 0 Å². The molecule has 1 aliphatic carbocycles. The first-order valence-electron chi connectivity index (χ1n) is 4.77. The zero-order chi connectivity index (χ0) is 8.48. The lowest BCUT2D eigenvalue weighted by Gasteiger charge is -2.38. The van der Waals surface area contributed by atoms with Gasteiger partial charge in [-0.2, -0.15) is 0 Å². The predicted octanol–water partition coefficient (Wildman–Crippen LogP) is 3.19. The number of nitrogens with two attached hydrogens (primary N) is 1. The summed E-state index contributed by atoms with van der Waals surface area (Å²) in [5.74, 6) is 0.747. The lowest BCUT2D eigenvalue weighted by molar-refractivity contribution is 0.153. The van der Waals surface area contributed by atoms with Gasteiger partial charge in [0, 0.05) is 6.04 Å². The maximum atomic E-state index is 6.07. The average Bonchev–Trinajstić information content (AvgIpc) is 1.86. The van der Waals surface area contributed by atoms with E-state index < -0.39 is 0 Å². The van der Waals surface area contributed by atoms with Crippen LogP contribution >= 0.6 is 0 Å². The summed E-state index contributed by atoms with van der Waals surface area (Å²) in [5.41, 5.74) is 6.48. The van der Waals surface area contributed by atoms with Crippen molar-refractivity contribution in [2.45, 2.75) is 59.9 Å². The highest BCUT2D eigenvalue weighted by atomic mass is 14.7. The Hall–Kier alpha value is -0.0400. The van der Waals surface area contributed by atoms with Gasteiger partial charge in [-0.25, -0.2) is 0 Å². The number of hydrogen-bond acceptors (Lipinski definition) is 1. The molecule has 0 aromatic carbocycles. The molecule has 1 heteroatoms. The highest BCUT2D eigenvalue weighted by Crippen LogP contribution is 2.36. The fourth-order valence-electron chi connectivity index (χ4n) is 2.23. The zero-order valence-corrected chi connectivity index (χ0v) is 8.06. The van der Waals surface area contributed by atoms with Crippen molar-refractivity contribution in [2.24, 2.45) is 17.1 Å². The molecule has 2 unspecified atom stereocenters. The maximum Gasteiger partial charge on any atom is 0.00721 e. The molecule has 0 spiro atoms. The standard InChI is InChI=1S/C10H21N.CH4/c1-10(2,3)8-6-4-5-7-9(8)11;/h8-9H,4-7,11H2,1-3H3;1H4. The van der Waals surface area contributed by atoms with Crippen LogP contribution < -0.4 is 5.73 Å². The van der Waals surface area contributed by atoms with E-state index in [0.717, 1.165) is 5.92 Å². The fraction of sp³-hybridized carbons (Fsp3) is 1.00. The molecule has 1 rings (SSSR count). The molecule has 74 valence electrons. The number of rotatable bonds is 0. The highest BCUT2D eigenvalue weighted by Gasteiger charge is 2.31. The summed E-state index contributed by atoms with van der Waals surface area (Å²) in [6, 6.07) is 0.462. The summed E-state index contributed by atoms with van der Waals surface area (Å²) < 4.78 is 0. The minimum absolute atomic E-state index is 0. The Balaban J connectivity index is 0.00000121. The quantitative estimate of drug-likeness (QED) is 0.595. The topological polar surface area (TPSA) is 26.0 Å². The Morgan fingerprint density at radius 2 is 1.58 bits per heavy atom. The Bertz CT molecular complexity index is 123. The second-order valence-corrected chi connectivity index (χ2v) is 4.92. The normalized spacial score (nSPS) is 31.0. The monoisotopic (exact) mass is 171 g/mol. The fourth-order valence-corrected chi connectivity index (χ4v) is 2.23. The van der Waals surface area contributed by atoms with E-state index in [0.29, 0.717) is 11.5 Å². The maximum absolute atomic E-state index is 6.07. The molecule has 1 aliphatic rings. The molecule has 1 nitrogen and oxygen atoms in total. The van der Waals surface area contributed by atoms with Crippen molar-refractivity contribution in [3.05, 3.63) is 0 Å². The first-order chi connectivity index (χ1) is 5.02. The molecule has 0 aliphatic heterocycles. The van der Waals surface area contributed by atoms with E-state index in [9.17, 15) is 0 Å². The Labute approximate surface area is 77.7 Å². The van der Waals surface area contributed by atoms with Crippen LogP contribution in [0.3, 0.4) is 0 Å². The van der Waals surface area contributed by atoms with Crippen molar-refractivity contribution in [3.8, 4) is 0 Å². The first kappa shape index (κ1) is 12.0. The highest BCUT2D eigenvalue weighted by molar-refractivity contribution is 4.85. The van der Waals surface area contributed by atoms with Crippen molar-refractivity contribution < 1.29 is 0 Å². The van der Waals surface area contributed by atoms with Gasteiger partial charge in [0.05, 0.1) is 0 Å². The molecule has 0 bridgehead atoms. The summed E-state index contributed by atoms with van der Waals surface area (Å²) in [6.07, 6.45) is 5.30. The van der Waals surface area contributed by atoms with E-state index in [1.807, 2.05) is 0 Å². The van der Waals surface area contributed by atoms with E-state index >= 15 is 0 Å². The first-order valence-corrected chi connectivity index (χ1v) is 4.77. The van der Waals surface area contributed by atoms with Crippen LogP contribution in [0.4, 0.5) is 0 Å². The average molecular weight is 171 g/mol. The molecular weight excluding hydrogens is 146 g/mol. The molecule has 2 N–H and O–H groups in total. The lowest BCUT2D eigenvalue weighted by Crippen LogP contribution is -2.40. The second kappa shape index (κ2) is 4.27. The van der Waals surface area contributed by atoms with Crippen LogP contribution in [-0.2, 0) is 0 Å². The van der Waals surface area contributed by atoms with Gasteiger partial charge >= 0.3 is 0 Å². The van der Waals surface area contributed by atoms with Crippen LogP contribution in [0.5, 0.6) is 0 Å². The van der Waals surface area contributed by atoms with Gasteiger partial charge in [0.25, 0.3) is 0 Å². The summed E-state index contributed by atoms with van der Waals surface area (Å²) in [6.45, 7) is 6.93. The second-order valence-electron chi connectivity index (χ2n) is 4.92. The molecule has 0 amide bonds. The van der Waals surface area contributed by atoms with Gasteiger partial charge in [0.15, 0.2) is 0 Å². The van der Waals surface area contributed by atoms with Gasteiger partial charge in [0.1, 0.15) is 0 Å². The van der Waals surface area contributed by atoms with Crippen molar-refractivity contribution in [3.63, 3.8) is 0 Å². The molecule has 0 aromatic heterocycles. The van der Waals surface area contributed by atoms with E-state index in [4.69, 9.17) is 5.73 Å². The van der Waals surface area contributed by atoms with Crippen LogP contribution in [0.2, 0.25) is 0 Å². The minimum atomic E-state index is 0. The van der Waals surface area contributed by atoms with Gasteiger partial charge < -0.3 is 5.73 Å². The number of hydrogen-bond donors (Lipinski definition) is 1. The van der Waals surface area contributed by atoms with E-state index in [1.54, 1.807) is 0 Å². The van der Waals surface area contributed by atoms with Crippen LogP contribution in [-0.4, -0.2) is 6.04 Å². The molecule has 1 fully saturated rings. The third-order valence-electron chi connectivity index (χ3n) is 2.93. The van der Waals surface area contributed by atoms with Gasteiger partial charge in [0.2, 0.25) is 0 Å². The molecule has 2 atom stereocenters. The van der Waals surface area contributed by atoms with Crippen LogP contribution in [0.15, 0.2) is 0 Å². The van der Waals surface area contributed by atoms with Crippen LogP contribution in [0.1, 0.15) is 53.9 Å². The molecule has 12 heavy (non-hydrogen) atoms. The van der Waals surface area contributed by atoms with Crippen molar-refractivity contribution in [1.29, 1.82) is 0 Å². The Morgan fingerprint density at radius 3 is 1.92 bits per heavy atom. The molecule has 0 radical (unpaired) electrons. The molecule has 0 saturated heterocycles. The largest absolute Gasteiger partial charge is 0.327 e. The third-order valence-corrected chi connectivity index (χ3v) is 2.93. The summed E-state index contributed by atoms with van der Waals surface area (Å²) in [4.78, 5) is 0. The Kier molecular flexibility index (Phi) is 4.25. The SMILES string of the molecule is C.CC(C)(C)C1CCCCC1N. The Morgan fingerprint density at radius 1 is 1.08 bits per heavy atom. The van der Waals surface area contributed by atoms with Crippen molar-refractivity contribution in [1.82, 2.24) is 0 Å². The summed E-state index contributed by atoms with van der Waals surface area (Å²) in [5, 5.41) is 0. The van der Waals surface area contributed by atoms with E-state index in [-0.39, 0.29) is 7.43 Å². The lowest BCUT2D eigenvalue weighted by atomic mass is 9.70. The van der Waals surface area contributed by atoms with Gasteiger partial charge in [-0.15, -0.1) is 0 Å². The smallest absolute Gasteiger partial charge is 0.00721 e. The summed E-state index contributed by atoms with van der Waals surface area (Å²) >= 11 is 0. The van der Waals surface area contributed by atoms with Gasteiger partial charge in [-0.05, 0) is 24.2 Å². The van der Waals surface area contributed by atoms with Crippen molar-refractivity contribution in [2.75, 3.05) is 0 Å².